The molecule has 0 saturated carbocycles. The van der Waals surface area contributed by atoms with Gasteiger partial charge in [0.1, 0.15) is 0 Å². The van der Waals surface area contributed by atoms with Crippen LogP contribution >= 0.6 is 0 Å². The number of anilines is 1. The van der Waals surface area contributed by atoms with Crippen LogP contribution in [-0.2, 0) is 4.79 Å². The number of amides is 2. The molecule has 6 nitrogen and oxygen atoms in total. The molecule has 0 spiro atoms. The highest BCUT2D eigenvalue weighted by Crippen LogP contribution is 2.31. The normalized spacial score (nSPS) is 10.6. The van der Waals surface area contributed by atoms with Gasteiger partial charge in [-0.15, -0.1) is 0 Å². The van der Waals surface area contributed by atoms with Crippen molar-refractivity contribution in [1.29, 1.82) is 0 Å². The first-order valence-corrected chi connectivity index (χ1v) is 7.71. The summed E-state index contributed by atoms with van der Waals surface area (Å²) in [4.78, 5) is 26.6. The lowest BCUT2D eigenvalue weighted by Crippen LogP contribution is -2.19. The SMILES string of the molecule is C=C(CN)C(=O)Nc1cccc(-c2ccc(C(N)=O)c3[nH]ccc23)c1. The number of carbonyl (C=O) groups excluding carboxylic acids is 2. The number of hydrogen-bond donors (Lipinski definition) is 4. The van der Waals surface area contributed by atoms with Crippen molar-refractivity contribution in [1.82, 2.24) is 4.98 Å². The van der Waals surface area contributed by atoms with Crippen molar-refractivity contribution in [3.63, 3.8) is 0 Å². The fourth-order valence-electron chi connectivity index (χ4n) is 2.69. The van der Waals surface area contributed by atoms with E-state index in [2.05, 4.69) is 16.9 Å². The Bertz CT molecular complexity index is 988. The number of benzene rings is 2. The number of rotatable bonds is 5. The number of nitrogens with two attached hydrogens (primary N) is 2. The van der Waals surface area contributed by atoms with Crippen LogP contribution in [0.3, 0.4) is 0 Å². The van der Waals surface area contributed by atoms with Gasteiger partial charge in [0.2, 0.25) is 0 Å². The Morgan fingerprint density at radius 1 is 1.16 bits per heavy atom. The van der Waals surface area contributed by atoms with Gasteiger partial charge in [-0.25, -0.2) is 0 Å². The predicted octanol–water partition coefficient (Wildman–Crippen LogP) is 2.39. The van der Waals surface area contributed by atoms with E-state index in [1.165, 1.54) is 0 Å². The topological polar surface area (TPSA) is 114 Å². The molecule has 25 heavy (non-hydrogen) atoms. The quantitative estimate of drug-likeness (QED) is 0.537. The van der Waals surface area contributed by atoms with Crippen LogP contribution in [0.15, 0.2) is 60.8 Å². The number of aromatic amines is 1. The van der Waals surface area contributed by atoms with Crippen molar-refractivity contribution < 1.29 is 9.59 Å². The van der Waals surface area contributed by atoms with Crippen molar-refractivity contribution in [2.24, 2.45) is 11.5 Å². The average Bonchev–Trinajstić information content (AvgIpc) is 3.09. The maximum absolute atomic E-state index is 11.9. The molecular formula is C19H18N4O2. The van der Waals surface area contributed by atoms with E-state index in [0.29, 0.717) is 22.3 Å². The lowest BCUT2D eigenvalue weighted by molar-refractivity contribution is -0.112. The molecule has 0 fully saturated rings. The average molecular weight is 334 g/mol. The Kier molecular flexibility index (Phi) is 4.36. The molecule has 0 radical (unpaired) electrons. The van der Waals surface area contributed by atoms with E-state index in [0.717, 1.165) is 16.5 Å². The van der Waals surface area contributed by atoms with Gasteiger partial charge in [-0.2, -0.15) is 0 Å². The lowest BCUT2D eigenvalue weighted by atomic mass is 9.98. The summed E-state index contributed by atoms with van der Waals surface area (Å²) in [6.07, 6.45) is 1.76. The van der Waals surface area contributed by atoms with Crippen molar-refractivity contribution in [2.75, 3.05) is 11.9 Å². The summed E-state index contributed by atoms with van der Waals surface area (Å²) in [7, 11) is 0. The van der Waals surface area contributed by atoms with Gasteiger partial charge in [0, 0.05) is 29.4 Å². The van der Waals surface area contributed by atoms with E-state index >= 15 is 0 Å². The van der Waals surface area contributed by atoms with Crippen LogP contribution in [0.25, 0.3) is 22.0 Å². The number of H-pyrrole nitrogens is 1. The highest BCUT2D eigenvalue weighted by Gasteiger charge is 2.13. The fourth-order valence-corrected chi connectivity index (χ4v) is 2.69. The van der Waals surface area contributed by atoms with Crippen molar-refractivity contribution in [2.45, 2.75) is 0 Å². The monoisotopic (exact) mass is 334 g/mol. The third-order valence-electron chi connectivity index (χ3n) is 3.99. The number of carbonyl (C=O) groups is 2. The van der Waals surface area contributed by atoms with E-state index in [1.54, 1.807) is 18.3 Å². The molecule has 2 aromatic carbocycles. The fraction of sp³-hybridized carbons (Fsp3) is 0.0526. The minimum atomic E-state index is -0.486. The summed E-state index contributed by atoms with van der Waals surface area (Å²) >= 11 is 0. The largest absolute Gasteiger partial charge is 0.366 e. The molecule has 0 saturated heterocycles. The van der Waals surface area contributed by atoms with Crippen molar-refractivity contribution >= 4 is 28.4 Å². The Hall–Kier alpha value is -3.38. The maximum atomic E-state index is 11.9. The van der Waals surface area contributed by atoms with E-state index in [1.807, 2.05) is 30.3 Å². The molecule has 6 heteroatoms. The number of aromatic nitrogens is 1. The van der Waals surface area contributed by atoms with Crippen LogP contribution in [0.2, 0.25) is 0 Å². The summed E-state index contributed by atoms with van der Waals surface area (Å²) < 4.78 is 0. The Labute approximate surface area is 144 Å². The molecule has 3 rings (SSSR count). The van der Waals surface area contributed by atoms with E-state index in [4.69, 9.17) is 11.5 Å². The number of nitrogens with one attached hydrogen (secondary N) is 2. The Morgan fingerprint density at radius 3 is 2.68 bits per heavy atom. The molecule has 2 amide bonds. The van der Waals surface area contributed by atoms with Gasteiger partial charge >= 0.3 is 0 Å². The zero-order chi connectivity index (χ0) is 18.0. The highest BCUT2D eigenvalue weighted by atomic mass is 16.2. The van der Waals surface area contributed by atoms with Gasteiger partial charge in [0.25, 0.3) is 11.8 Å². The van der Waals surface area contributed by atoms with Gasteiger partial charge in [-0.05, 0) is 35.4 Å². The molecule has 6 N–H and O–H groups in total. The van der Waals surface area contributed by atoms with Gasteiger partial charge in [-0.1, -0.05) is 24.8 Å². The first kappa shape index (κ1) is 16.5. The summed E-state index contributed by atoms with van der Waals surface area (Å²) in [5.74, 6) is -0.796. The van der Waals surface area contributed by atoms with Crippen LogP contribution in [0.4, 0.5) is 5.69 Å². The van der Waals surface area contributed by atoms with Crippen molar-refractivity contribution in [3.05, 3.63) is 66.4 Å². The molecule has 0 aliphatic heterocycles. The zero-order valence-electron chi connectivity index (χ0n) is 13.5. The van der Waals surface area contributed by atoms with E-state index < -0.39 is 5.91 Å². The van der Waals surface area contributed by atoms with Crippen LogP contribution in [0, 0.1) is 0 Å². The second-order valence-electron chi connectivity index (χ2n) is 5.63. The molecule has 126 valence electrons. The van der Waals surface area contributed by atoms with E-state index in [-0.39, 0.29) is 12.5 Å². The predicted molar refractivity (Wildman–Crippen MR) is 99.1 cm³/mol. The molecule has 0 aliphatic rings. The third-order valence-corrected chi connectivity index (χ3v) is 3.99. The van der Waals surface area contributed by atoms with Gasteiger partial charge in [0.05, 0.1) is 11.1 Å². The molecule has 3 aromatic rings. The highest BCUT2D eigenvalue weighted by molar-refractivity contribution is 6.09. The van der Waals surface area contributed by atoms with Gasteiger partial charge < -0.3 is 21.8 Å². The van der Waals surface area contributed by atoms with Crippen LogP contribution < -0.4 is 16.8 Å². The zero-order valence-corrected chi connectivity index (χ0v) is 13.5. The second kappa shape index (κ2) is 6.62. The first-order chi connectivity index (χ1) is 12.0. The molecule has 0 atom stereocenters. The minimum absolute atomic E-state index is 0.101. The second-order valence-corrected chi connectivity index (χ2v) is 5.63. The molecule has 1 aromatic heterocycles. The van der Waals surface area contributed by atoms with Crippen LogP contribution in [0.5, 0.6) is 0 Å². The Morgan fingerprint density at radius 2 is 1.96 bits per heavy atom. The lowest BCUT2D eigenvalue weighted by Gasteiger charge is -2.10. The van der Waals surface area contributed by atoms with Gasteiger partial charge in [0.15, 0.2) is 0 Å². The maximum Gasteiger partial charge on any atom is 0.252 e. The minimum Gasteiger partial charge on any atom is -0.366 e. The van der Waals surface area contributed by atoms with Crippen molar-refractivity contribution in [3.8, 4) is 11.1 Å². The molecule has 0 aliphatic carbocycles. The van der Waals surface area contributed by atoms with Crippen LogP contribution in [-0.4, -0.2) is 23.3 Å². The third kappa shape index (κ3) is 3.15. The standard InChI is InChI=1S/C19H18N4O2/c1-11(10-20)19(25)23-13-4-2-3-12(9-13)14-5-6-16(18(21)24)17-15(14)7-8-22-17/h2-9,22H,1,10,20H2,(H2,21,24)(H,23,25). The van der Waals surface area contributed by atoms with Gasteiger partial charge in [-0.3, -0.25) is 9.59 Å². The summed E-state index contributed by atoms with van der Waals surface area (Å²) in [6, 6.07) is 12.8. The smallest absolute Gasteiger partial charge is 0.252 e. The molecular weight excluding hydrogens is 316 g/mol. The first-order valence-electron chi connectivity index (χ1n) is 7.71. The van der Waals surface area contributed by atoms with Crippen LogP contribution in [0.1, 0.15) is 10.4 Å². The summed E-state index contributed by atoms with van der Waals surface area (Å²) in [5.41, 5.74) is 14.8. The number of hydrogen-bond acceptors (Lipinski definition) is 3. The molecule has 0 bridgehead atoms. The summed E-state index contributed by atoms with van der Waals surface area (Å²) in [6.45, 7) is 3.73. The summed E-state index contributed by atoms with van der Waals surface area (Å²) in [5, 5.41) is 3.65. The number of primary amides is 1. The molecule has 1 heterocycles. The molecule has 0 unspecified atom stereocenters. The van der Waals surface area contributed by atoms with E-state index in [9.17, 15) is 9.59 Å². The Balaban J connectivity index is 2.02. The number of fused-ring (bicyclic) bond motifs is 1.